The first kappa shape index (κ1) is 30.2. The van der Waals surface area contributed by atoms with Crippen molar-refractivity contribution in [3.63, 3.8) is 0 Å². The Hall–Kier alpha value is -5.84. The lowest BCUT2D eigenvalue weighted by Crippen LogP contribution is -1.90. The van der Waals surface area contributed by atoms with Crippen LogP contribution in [0.3, 0.4) is 0 Å². The van der Waals surface area contributed by atoms with Crippen molar-refractivity contribution in [2.75, 3.05) is 0 Å². The number of aromatic amines is 2. The fourth-order valence-corrected chi connectivity index (χ4v) is 7.28. The van der Waals surface area contributed by atoms with Crippen molar-refractivity contribution in [1.82, 2.24) is 39.9 Å². The third-order valence-electron chi connectivity index (χ3n) is 8.68. The highest BCUT2D eigenvalue weighted by atomic mass is 79.9. The first-order valence-electron chi connectivity index (χ1n) is 15.8. The molecule has 10 heteroatoms. The quantitative estimate of drug-likeness (QED) is 0.184. The number of hydrogen-bond donors (Lipinski definition) is 2. The summed E-state index contributed by atoms with van der Waals surface area (Å²) < 4.78 is 1.75. The average Bonchev–Trinajstić information content (AvgIpc) is 3.97. The highest BCUT2D eigenvalue weighted by Gasteiger charge is 2.19. The molecule has 2 N–H and O–H groups in total. The minimum Gasteiger partial charge on any atom is -0.354 e. The Morgan fingerprint density at radius 2 is 0.720 bits per heavy atom. The number of fused-ring (bicyclic) bond motifs is 8. The predicted molar refractivity (Wildman–Crippen MR) is 207 cm³/mol. The zero-order valence-corrected chi connectivity index (χ0v) is 29.3. The minimum atomic E-state index is 0.802. The Labute approximate surface area is 303 Å². The molecule has 7 aromatic heterocycles. The summed E-state index contributed by atoms with van der Waals surface area (Å²) in [4.78, 5) is 35.7. The van der Waals surface area contributed by atoms with E-state index in [1.165, 1.54) is 0 Å². The molecule has 9 heterocycles. The third-order valence-corrected chi connectivity index (χ3v) is 9.55. The normalized spacial score (nSPS) is 12.0. The Morgan fingerprint density at radius 1 is 0.380 bits per heavy atom. The molecule has 0 atom stereocenters. The van der Waals surface area contributed by atoms with Gasteiger partial charge >= 0.3 is 0 Å². The van der Waals surface area contributed by atoms with E-state index in [2.05, 4.69) is 122 Å². The molecule has 0 aromatic carbocycles. The maximum absolute atomic E-state index is 5.31. The smallest absolute Gasteiger partial charge is 0.0737 e. The van der Waals surface area contributed by atoms with Gasteiger partial charge < -0.3 is 9.97 Å². The molecule has 0 saturated carbocycles. The maximum atomic E-state index is 5.31. The summed E-state index contributed by atoms with van der Waals surface area (Å²) in [6.45, 7) is 0. The first-order chi connectivity index (χ1) is 24.6. The van der Waals surface area contributed by atoms with Gasteiger partial charge in [0.05, 0.1) is 22.8 Å². The van der Waals surface area contributed by atoms with Crippen molar-refractivity contribution in [2.45, 2.75) is 0 Å². The van der Waals surface area contributed by atoms with Crippen LogP contribution in [0.15, 0.2) is 119 Å². The van der Waals surface area contributed by atoms with Crippen LogP contribution in [0.5, 0.6) is 0 Å². The molecule has 50 heavy (non-hydrogen) atoms. The van der Waals surface area contributed by atoms with Gasteiger partial charge in [-0.05, 0) is 128 Å². The average molecular weight is 776 g/mol. The van der Waals surface area contributed by atoms with Gasteiger partial charge in [-0.3, -0.25) is 19.9 Å². The second kappa shape index (κ2) is 12.6. The number of rotatable bonds is 4. The van der Waals surface area contributed by atoms with Crippen LogP contribution < -0.4 is 0 Å². The van der Waals surface area contributed by atoms with Gasteiger partial charge in [-0.25, -0.2) is 9.97 Å². The molecule has 7 aromatic rings. The Balaban J connectivity index is 1.49. The van der Waals surface area contributed by atoms with Crippen molar-refractivity contribution in [2.24, 2.45) is 0 Å². The number of nitrogens with one attached hydrogen (secondary N) is 2. The van der Waals surface area contributed by atoms with Gasteiger partial charge in [0.25, 0.3) is 0 Å². The Kier molecular flexibility index (Phi) is 7.59. The number of hydrogen-bond acceptors (Lipinski definition) is 6. The van der Waals surface area contributed by atoms with Crippen LogP contribution in [0.1, 0.15) is 22.8 Å². The van der Waals surface area contributed by atoms with E-state index in [1.807, 2.05) is 36.7 Å². The molecule has 0 fully saturated rings. The number of aromatic nitrogens is 8. The van der Waals surface area contributed by atoms with Crippen LogP contribution in [0, 0.1) is 0 Å². The first-order valence-corrected chi connectivity index (χ1v) is 17.4. The number of pyridine rings is 4. The van der Waals surface area contributed by atoms with Crippen molar-refractivity contribution in [1.29, 1.82) is 0 Å². The van der Waals surface area contributed by atoms with Crippen LogP contribution in [0.2, 0.25) is 0 Å². The zero-order valence-electron chi connectivity index (χ0n) is 26.1. The second-order valence-electron chi connectivity index (χ2n) is 11.8. The highest BCUT2D eigenvalue weighted by Crippen LogP contribution is 2.38. The lowest BCUT2D eigenvalue weighted by molar-refractivity contribution is 1.27. The summed E-state index contributed by atoms with van der Waals surface area (Å²) >= 11 is 7.27. The highest BCUT2D eigenvalue weighted by molar-refractivity contribution is 9.10. The molecular formula is C40H24Br2N8. The molecule has 0 spiro atoms. The van der Waals surface area contributed by atoms with E-state index in [9.17, 15) is 0 Å². The largest absolute Gasteiger partial charge is 0.354 e. The predicted octanol–water partition coefficient (Wildman–Crippen LogP) is 10.4. The number of halogens is 2. The summed E-state index contributed by atoms with van der Waals surface area (Å²) in [7, 11) is 0. The van der Waals surface area contributed by atoms with E-state index >= 15 is 0 Å². The number of H-pyrrole nitrogens is 2. The van der Waals surface area contributed by atoms with Crippen LogP contribution in [0.4, 0.5) is 0 Å². The SMILES string of the molecule is Brc1cncc(-c2c3nc(c(-c4cncc(Br)c4)c4ccc([nH]4)c(-c4ccncc4)c4nc(c(-c5ccncc5)c5ccc2[nH]5)C=C4)C=C3)c1. The van der Waals surface area contributed by atoms with E-state index in [-0.39, 0.29) is 0 Å². The van der Waals surface area contributed by atoms with Crippen molar-refractivity contribution in [3.05, 3.63) is 142 Å². The third kappa shape index (κ3) is 5.48. The molecule has 0 aliphatic carbocycles. The van der Waals surface area contributed by atoms with Crippen molar-refractivity contribution in [3.8, 4) is 44.5 Å². The van der Waals surface area contributed by atoms with Gasteiger partial charge in [0.15, 0.2) is 0 Å². The minimum absolute atomic E-state index is 0.802. The van der Waals surface area contributed by atoms with E-state index in [0.29, 0.717) is 0 Å². The van der Waals surface area contributed by atoms with Gasteiger partial charge in [0, 0.05) is 114 Å². The number of nitrogens with zero attached hydrogens (tertiary/aromatic N) is 6. The van der Waals surface area contributed by atoms with E-state index in [1.54, 1.807) is 37.2 Å². The zero-order chi connectivity index (χ0) is 33.6. The van der Waals surface area contributed by atoms with Crippen LogP contribution in [-0.4, -0.2) is 39.9 Å². The topological polar surface area (TPSA) is 109 Å². The summed E-state index contributed by atoms with van der Waals surface area (Å²) in [5.74, 6) is 0. The lowest BCUT2D eigenvalue weighted by atomic mass is 10.1. The monoisotopic (exact) mass is 774 g/mol. The molecule has 2 aliphatic heterocycles. The van der Waals surface area contributed by atoms with Gasteiger partial charge in [-0.2, -0.15) is 0 Å². The lowest BCUT2D eigenvalue weighted by Gasteiger charge is -2.07. The van der Waals surface area contributed by atoms with Crippen LogP contribution in [-0.2, 0) is 0 Å². The van der Waals surface area contributed by atoms with Crippen molar-refractivity contribution >= 4 is 78.2 Å². The van der Waals surface area contributed by atoms with E-state index in [4.69, 9.17) is 9.97 Å². The van der Waals surface area contributed by atoms with Crippen LogP contribution in [0.25, 0.3) is 90.9 Å². The molecule has 8 nitrogen and oxygen atoms in total. The molecule has 8 bridgehead atoms. The van der Waals surface area contributed by atoms with Gasteiger partial charge in [-0.15, -0.1) is 0 Å². The molecule has 9 rings (SSSR count). The molecule has 0 unspecified atom stereocenters. The molecule has 0 radical (unpaired) electrons. The Bertz CT molecular complexity index is 2500. The van der Waals surface area contributed by atoms with Gasteiger partial charge in [0.2, 0.25) is 0 Å². The van der Waals surface area contributed by atoms with E-state index in [0.717, 1.165) is 98.3 Å². The standard InChI is InChI=1S/C40H24Br2N8/c41-27-17-25(19-45-21-27)39-33-5-3-31(48-33)37(23-9-13-43-14-10-23)29-1-2-30(47-29)38(24-11-15-44-16-12-24)32-4-6-34(49-32)40(36-8-7-35(39)50-36)26-18-28(42)22-46-20-26/h1-22,48-49H. The molecule has 238 valence electrons. The van der Waals surface area contributed by atoms with Gasteiger partial charge in [0.1, 0.15) is 0 Å². The molecule has 2 aliphatic rings. The van der Waals surface area contributed by atoms with E-state index < -0.39 is 0 Å². The fourth-order valence-electron chi connectivity index (χ4n) is 6.55. The Morgan fingerprint density at radius 3 is 1.06 bits per heavy atom. The molecule has 0 saturated heterocycles. The molecule has 0 amide bonds. The second-order valence-corrected chi connectivity index (χ2v) is 13.6. The van der Waals surface area contributed by atoms with Crippen LogP contribution >= 0.6 is 31.9 Å². The fraction of sp³-hybridized carbons (Fsp3) is 0. The summed E-state index contributed by atoms with van der Waals surface area (Å²) in [5.41, 5.74) is 14.5. The summed E-state index contributed by atoms with van der Waals surface area (Å²) in [6.07, 6.45) is 22.8. The summed E-state index contributed by atoms with van der Waals surface area (Å²) in [6, 6.07) is 20.5. The van der Waals surface area contributed by atoms with Crippen molar-refractivity contribution < 1.29 is 0 Å². The van der Waals surface area contributed by atoms with Gasteiger partial charge in [-0.1, -0.05) is 0 Å². The summed E-state index contributed by atoms with van der Waals surface area (Å²) in [5, 5.41) is 0. The maximum Gasteiger partial charge on any atom is 0.0737 e. The molecular weight excluding hydrogens is 752 g/mol.